The average molecular weight is 331 g/mol. The van der Waals surface area contributed by atoms with Gasteiger partial charge in [0.25, 0.3) is 0 Å². The molecule has 1 aromatic heterocycles. The van der Waals surface area contributed by atoms with Crippen LogP contribution in [0.25, 0.3) is 0 Å². The zero-order valence-corrected chi connectivity index (χ0v) is 12.6. The fourth-order valence-corrected chi connectivity index (χ4v) is 4.02. The predicted octanol–water partition coefficient (Wildman–Crippen LogP) is 3.81. The number of aryl methyl sites for hydroxylation is 1. The van der Waals surface area contributed by atoms with E-state index in [4.69, 9.17) is 0 Å². The Morgan fingerprint density at radius 2 is 2.18 bits per heavy atom. The molecule has 0 radical (unpaired) electrons. The molecule has 1 heterocycles. The third-order valence-corrected chi connectivity index (χ3v) is 4.70. The fourth-order valence-electron chi connectivity index (χ4n) is 1.33. The van der Waals surface area contributed by atoms with E-state index in [1.807, 2.05) is 25.1 Å². The SMILES string of the molecule is Cc1nnc(Sc2ccc([C@H](C)O)c(Br)c2)s1. The van der Waals surface area contributed by atoms with Gasteiger partial charge in [-0.2, -0.15) is 0 Å². The van der Waals surface area contributed by atoms with Gasteiger partial charge in [-0.05, 0) is 31.5 Å². The molecule has 0 bridgehead atoms. The van der Waals surface area contributed by atoms with E-state index in [-0.39, 0.29) is 0 Å². The van der Waals surface area contributed by atoms with Crippen LogP contribution in [-0.4, -0.2) is 15.3 Å². The number of aliphatic hydroxyl groups excluding tert-OH is 1. The Kier molecular flexibility index (Phi) is 4.19. The van der Waals surface area contributed by atoms with Crippen molar-refractivity contribution in [3.05, 3.63) is 33.2 Å². The molecule has 0 aliphatic heterocycles. The van der Waals surface area contributed by atoms with Crippen LogP contribution in [0.5, 0.6) is 0 Å². The van der Waals surface area contributed by atoms with Crippen molar-refractivity contribution >= 4 is 39.0 Å². The van der Waals surface area contributed by atoms with Crippen LogP contribution in [-0.2, 0) is 0 Å². The Balaban J connectivity index is 2.20. The summed E-state index contributed by atoms with van der Waals surface area (Å²) in [7, 11) is 0. The van der Waals surface area contributed by atoms with Gasteiger partial charge in [0.05, 0.1) is 6.10 Å². The Hall–Kier alpha value is -0.430. The fraction of sp³-hybridized carbons (Fsp3) is 0.273. The highest BCUT2D eigenvalue weighted by atomic mass is 79.9. The molecule has 0 fully saturated rings. The van der Waals surface area contributed by atoms with Crippen molar-refractivity contribution in [3.8, 4) is 0 Å². The minimum Gasteiger partial charge on any atom is -0.389 e. The first-order valence-electron chi connectivity index (χ1n) is 5.01. The lowest BCUT2D eigenvalue weighted by Crippen LogP contribution is -1.92. The summed E-state index contributed by atoms with van der Waals surface area (Å²) in [5.74, 6) is 0. The molecule has 0 amide bonds. The van der Waals surface area contributed by atoms with Gasteiger partial charge in [-0.15, -0.1) is 10.2 Å². The van der Waals surface area contributed by atoms with Gasteiger partial charge in [0.1, 0.15) is 5.01 Å². The standard InChI is InChI=1S/C11H11BrN2OS2/c1-6(15)9-4-3-8(5-10(9)12)17-11-14-13-7(2)16-11/h3-6,15H,1-2H3/t6-/m0/s1. The molecule has 2 aromatic rings. The second-order valence-corrected chi connectivity index (χ2v) is 6.90. The molecular weight excluding hydrogens is 320 g/mol. The molecule has 90 valence electrons. The number of benzene rings is 1. The highest BCUT2D eigenvalue weighted by molar-refractivity contribution is 9.10. The van der Waals surface area contributed by atoms with Crippen LogP contribution in [0.2, 0.25) is 0 Å². The number of nitrogens with zero attached hydrogens (tertiary/aromatic N) is 2. The summed E-state index contributed by atoms with van der Waals surface area (Å²) in [6, 6.07) is 5.89. The maximum atomic E-state index is 9.53. The summed E-state index contributed by atoms with van der Waals surface area (Å²) >= 11 is 6.61. The van der Waals surface area contributed by atoms with E-state index in [9.17, 15) is 5.11 Å². The second-order valence-electron chi connectivity index (χ2n) is 3.55. The van der Waals surface area contributed by atoms with E-state index in [1.54, 1.807) is 30.0 Å². The smallest absolute Gasteiger partial charge is 0.179 e. The van der Waals surface area contributed by atoms with E-state index in [0.29, 0.717) is 0 Å². The first-order valence-corrected chi connectivity index (χ1v) is 7.44. The molecule has 0 aliphatic carbocycles. The number of hydrogen-bond acceptors (Lipinski definition) is 5. The van der Waals surface area contributed by atoms with E-state index < -0.39 is 6.10 Å². The van der Waals surface area contributed by atoms with Gasteiger partial charge >= 0.3 is 0 Å². The van der Waals surface area contributed by atoms with Gasteiger partial charge in [0.15, 0.2) is 4.34 Å². The predicted molar refractivity (Wildman–Crippen MR) is 73.5 cm³/mol. The molecule has 17 heavy (non-hydrogen) atoms. The minimum atomic E-state index is -0.466. The molecule has 6 heteroatoms. The zero-order chi connectivity index (χ0) is 12.4. The zero-order valence-electron chi connectivity index (χ0n) is 9.35. The summed E-state index contributed by atoms with van der Waals surface area (Å²) in [4.78, 5) is 1.08. The number of rotatable bonds is 3. The van der Waals surface area contributed by atoms with Gasteiger partial charge in [0, 0.05) is 9.37 Å². The summed E-state index contributed by atoms with van der Waals surface area (Å²) in [6.07, 6.45) is -0.466. The Labute approximate surface area is 116 Å². The lowest BCUT2D eigenvalue weighted by Gasteiger charge is -2.08. The molecule has 0 saturated heterocycles. The van der Waals surface area contributed by atoms with E-state index >= 15 is 0 Å². The molecule has 3 nitrogen and oxygen atoms in total. The molecule has 1 atom stereocenters. The van der Waals surface area contributed by atoms with Gasteiger partial charge < -0.3 is 5.11 Å². The van der Waals surface area contributed by atoms with Crippen LogP contribution < -0.4 is 0 Å². The van der Waals surface area contributed by atoms with Gasteiger partial charge in [-0.3, -0.25) is 0 Å². The molecule has 0 unspecified atom stereocenters. The lowest BCUT2D eigenvalue weighted by atomic mass is 10.1. The Morgan fingerprint density at radius 3 is 2.71 bits per heavy atom. The van der Waals surface area contributed by atoms with Crippen molar-refractivity contribution in [1.82, 2.24) is 10.2 Å². The molecule has 0 saturated carbocycles. The van der Waals surface area contributed by atoms with Crippen LogP contribution in [0.15, 0.2) is 31.9 Å². The topological polar surface area (TPSA) is 46.0 Å². The third kappa shape index (κ3) is 3.28. The highest BCUT2D eigenvalue weighted by Crippen LogP contribution is 2.33. The van der Waals surface area contributed by atoms with Gasteiger partial charge in [-0.25, -0.2) is 0 Å². The van der Waals surface area contributed by atoms with Crippen molar-refractivity contribution in [2.24, 2.45) is 0 Å². The summed E-state index contributed by atoms with van der Waals surface area (Å²) < 4.78 is 1.85. The van der Waals surface area contributed by atoms with E-state index in [2.05, 4.69) is 26.1 Å². The molecule has 1 N–H and O–H groups in total. The van der Waals surface area contributed by atoms with Crippen LogP contribution in [0.3, 0.4) is 0 Å². The van der Waals surface area contributed by atoms with E-state index in [1.165, 1.54) is 0 Å². The number of halogens is 1. The van der Waals surface area contributed by atoms with Gasteiger partial charge in [-0.1, -0.05) is 45.1 Å². The maximum absolute atomic E-state index is 9.53. The normalized spacial score (nSPS) is 12.7. The largest absolute Gasteiger partial charge is 0.389 e. The Morgan fingerprint density at radius 1 is 1.41 bits per heavy atom. The molecular formula is C11H11BrN2OS2. The van der Waals surface area contributed by atoms with Crippen molar-refractivity contribution in [1.29, 1.82) is 0 Å². The van der Waals surface area contributed by atoms with Crippen LogP contribution >= 0.6 is 39.0 Å². The maximum Gasteiger partial charge on any atom is 0.179 e. The number of hydrogen-bond donors (Lipinski definition) is 1. The van der Waals surface area contributed by atoms with Crippen LogP contribution in [0.1, 0.15) is 23.6 Å². The second kappa shape index (κ2) is 5.48. The molecule has 0 aliphatic rings. The Bertz CT molecular complexity index is 528. The summed E-state index contributed by atoms with van der Waals surface area (Å²) in [5.41, 5.74) is 0.891. The molecule has 1 aromatic carbocycles. The summed E-state index contributed by atoms with van der Waals surface area (Å²) in [5, 5.41) is 18.5. The molecule has 2 rings (SSSR count). The average Bonchev–Trinajstić information content (AvgIpc) is 2.63. The van der Waals surface area contributed by atoms with Gasteiger partial charge in [0.2, 0.25) is 0 Å². The highest BCUT2D eigenvalue weighted by Gasteiger charge is 2.09. The third-order valence-electron chi connectivity index (χ3n) is 2.13. The van der Waals surface area contributed by atoms with Crippen molar-refractivity contribution in [2.75, 3.05) is 0 Å². The quantitative estimate of drug-likeness (QED) is 0.929. The lowest BCUT2D eigenvalue weighted by molar-refractivity contribution is 0.198. The molecule has 0 spiro atoms. The summed E-state index contributed by atoms with van der Waals surface area (Å²) in [6.45, 7) is 3.69. The van der Waals surface area contributed by atoms with Crippen molar-refractivity contribution in [2.45, 2.75) is 29.2 Å². The van der Waals surface area contributed by atoms with Crippen molar-refractivity contribution in [3.63, 3.8) is 0 Å². The minimum absolute atomic E-state index is 0.466. The van der Waals surface area contributed by atoms with Crippen LogP contribution in [0.4, 0.5) is 0 Å². The first kappa shape index (κ1) is 13.0. The van der Waals surface area contributed by atoms with Crippen LogP contribution in [0, 0.1) is 6.92 Å². The number of aliphatic hydroxyl groups is 1. The van der Waals surface area contributed by atoms with E-state index in [0.717, 1.165) is 24.3 Å². The number of aromatic nitrogens is 2. The van der Waals surface area contributed by atoms with Crippen molar-refractivity contribution < 1.29 is 5.11 Å². The monoisotopic (exact) mass is 330 g/mol. The first-order chi connectivity index (χ1) is 8.06.